The Kier molecular flexibility index (Phi) is 5.66. The van der Waals surface area contributed by atoms with E-state index in [1.165, 1.54) is 18.6 Å². The third-order valence-electron chi connectivity index (χ3n) is 4.24. The summed E-state index contributed by atoms with van der Waals surface area (Å²) in [6, 6.07) is 17.0. The molecule has 1 aliphatic rings. The van der Waals surface area contributed by atoms with Gasteiger partial charge >= 0.3 is 0 Å². The van der Waals surface area contributed by atoms with E-state index in [1.807, 2.05) is 36.4 Å². The van der Waals surface area contributed by atoms with Gasteiger partial charge < -0.3 is 10.6 Å². The van der Waals surface area contributed by atoms with E-state index in [0.29, 0.717) is 23.5 Å². The van der Waals surface area contributed by atoms with Gasteiger partial charge in [-0.2, -0.15) is 0 Å². The Hall–Kier alpha value is -3.41. The first kappa shape index (κ1) is 18.4. The van der Waals surface area contributed by atoms with E-state index in [4.69, 9.17) is 0 Å². The molecule has 0 saturated heterocycles. The summed E-state index contributed by atoms with van der Waals surface area (Å²) in [6.07, 6.45) is 2.16. The molecule has 3 rings (SSSR count). The number of anilines is 1. The number of rotatable bonds is 6. The highest BCUT2D eigenvalue weighted by Gasteiger charge is 2.24. The molecule has 2 aromatic rings. The minimum Gasteiger partial charge on any atom is -0.357 e. The molecule has 0 bridgehead atoms. The summed E-state index contributed by atoms with van der Waals surface area (Å²) in [5.74, 6) is -0.782. The summed E-state index contributed by atoms with van der Waals surface area (Å²) in [5.41, 5.74) is 3.01. The maximum Gasteiger partial charge on any atom is 0.255 e. The maximum absolute atomic E-state index is 12.4. The molecular formula is C21H21N3O3. The average Bonchev–Trinajstić information content (AvgIpc) is 3.03. The fourth-order valence-electron chi connectivity index (χ4n) is 2.85. The zero-order chi connectivity index (χ0) is 19.2. The van der Waals surface area contributed by atoms with E-state index in [-0.39, 0.29) is 24.3 Å². The Morgan fingerprint density at radius 3 is 2.56 bits per heavy atom. The lowest BCUT2D eigenvalue weighted by Gasteiger charge is -2.13. The normalized spacial score (nSPS) is 13.3. The van der Waals surface area contributed by atoms with Crippen molar-refractivity contribution in [3.8, 4) is 0 Å². The van der Waals surface area contributed by atoms with Crippen LogP contribution in [0.1, 0.15) is 22.8 Å². The van der Waals surface area contributed by atoms with Crippen LogP contribution in [0, 0.1) is 0 Å². The molecule has 6 nitrogen and oxygen atoms in total. The van der Waals surface area contributed by atoms with E-state index in [9.17, 15) is 14.4 Å². The van der Waals surface area contributed by atoms with E-state index in [1.54, 1.807) is 18.2 Å². The number of carbonyl (C=O) groups is 3. The van der Waals surface area contributed by atoms with Gasteiger partial charge in [-0.3, -0.25) is 19.3 Å². The zero-order valence-electron chi connectivity index (χ0n) is 15.1. The highest BCUT2D eigenvalue weighted by atomic mass is 16.2. The van der Waals surface area contributed by atoms with Crippen molar-refractivity contribution in [2.24, 2.45) is 0 Å². The van der Waals surface area contributed by atoms with Crippen molar-refractivity contribution in [1.82, 2.24) is 10.2 Å². The fourth-order valence-corrected chi connectivity index (χ4v) is 2.85. The number of nitrogens with one attached hydrogen (secondary N) is 2. The average molecular weight is 363 g/mol. The summed E-state index contributed by atoms with van der Waals surface area (Å²) < 4.78 is 0. The third-order valence-corrected chi connectivity index (χ3v) is 4.24. The van der Waals surface area contributed by atoms with E-state index in [2.05, 4.69) is 10.6 Å². The fraction of sp³-hybridized carbons (Fsp3) is 0.190. The standard InChI is InChI=1S/C21H21N3O3/c1-15(25)24-14-19(13-20(24)26)23-18-9-5-8-17(12-18)21(27)22-11-10-16-6-3-2-4-7-16/h2-9,12-13,23H,10-11,14H2,1H3,(H,22,27). The van der Waals surface area contributed by atoms with Crippen molar-refractivity contribution in [2.45, 2.75) is 13.3 Å². The zero-order valence-corrected chi connectivity index (χ0v) is 15.1. The molecule has 1 heterocycles. The van der Waals surface area contributed by atoms with Gasteiger partial charge in [-0.15, -0.1) is 0 Å². The van der Waals surface area contributed by atoms with Crippen molar-refractivity contribution in [3.05, 3.63) is 77.5 Å². The quantitative estimate of drug-likeness (QED) is 0.826. The van der Waals surface area contributed by atoms with Gasteiger partial charge in [0.25, 0.3) is 11.8 Å². The van der Waals surface area contributed by atoms with Crippen LogP contribution in [0.5, 0.6) is 0 Å². The first-order valence-electron chi connectivity index (χ1n) is 8.75. The SMILES string of the molecule is CC(=O)N1CC(Nc2cccc(C(=O)NCCc3ccccc3)c2)=CC1=O. The summed E-state index contributed by atoms with van der Waals surface area (Å²) in [5, 5.41) is 6.01. The number of carbonyl (C=O) groups excluding carboxylic acids is 3. The number of hydrogen-bond acceptors (Lipinski definition) is 4. The van der Waals surface area contributed by atoms with Crippen LogP contribution in [0.4, 0.5) is 5.69 Å². The Balaban J connectivity index is 1.57. The molecule has 0 unspecified atom stereocenters. The van der Waals surface area contributed by atoms with Gasteiger partial charge in [-0.05, 0) is 30.2 Å². The summed E-state index contributed by atoms with van der Waals surface area (Å²) in [4.78, 5) is 36.7. The van der Waals surface area contributed by atoms with Crippen molar-refractivity contribution >= 4 is 23.4 Å². The Labute approximate surface area is 157 Å². The van der Waals surface area contributed by atoms with Crippen LogP contribution in [0.2, 0.25) is 0 Å². The van der Waals surface area contributed by atoms with E-state index < -0.39 is 0 Å². The van der Waals surface area contributed by atoms with Gasteiger partial charge in [0.15, 0.2) is 0 Å². The molecule has 6 heteroatoms. The van der Waals surface area contributed by atoms with E-state index in [0.717, 1.165) is 11.3 Å². The molecule has 0 aromatic heterocycles. The van der Waals surface area contributed by atoms with Crippen molar-refractivity contribution in [1.29, 1.82) is 0 Å². The van der Waals surface area contributed by atoms with Crippen LogP contribution in [0.15, 0.2) is 66.4 Å². The molecule has 0 spiro atoms. The molecule has 0 fully saturated rings. The summed E-state index contributed by atoms with van der Waals surface area (Å²) in [6.45, 7) is 2.12. The Morgan fingerprint density at radius 1 is 1.07 bits per heavy atom. The number of amides is 3. The molecule has 2 N–H and O–H groups in total. The van der Waals surface area contributed by atoms with Gasteiger partial charge in [0.1, 0.15) is 0 Å². The second-order valence-corrected chi connectivity index (χ2v) is 6.31. The predicted molar refractivity (Wildman–Crippen MR) is 103 cm³/mol. The van der Waals surface area contributed by atoms with Crippen LogP contribution in [0.25, 0.3) is 0 Å². The molecule has 0 aliphatic carbocycles. The molecule has 27 heavy (non-hydrogen) atoms. The lowest BCUT2D eigenvalue weighted by molar-refractivity contribution is -0.138. The highest BCUT2D eigenvalue weighted by molar-refractivity contribution is 6.03. The van der Waals surface area contributed by atoms with Crippen LogP contribution in [-0.2, 0) is 16.0 Å². The largest absolute Gasteiger partial charge is 0.357 e. The lowest BCUT2D eigenvalue weighted by atomic mass is 10.1. The molecule has 138 valence electrons. The molecule has 1 aliphatic heterocycles. The van der Waals surface area contributed by atoms with Gasteiger partial charge in [-0.25, -0.2) is 0 Å². The summed E-state index contributed by atoms with van der Waals surface area (Å²) >= 11 is 0. The first-order valence-corrected chi connectivity index (χ1v) is 8.75. The predicted octanol–water partition coefficient (Wildman–Crippen LogP) is 2.34. The van der Waals surface area contributed by atoms with Gasteiger partial charge in [-0.1, -0.05) is 36.4 Å². The van der Waals surface area contributed by atoms with Gasteiger partial charge in [0, 0.05) is 36.5 Å². The number of hydrogen-bond donors (Lipinski definition) is 2. The number of nitrogens with zero attached hydrogens (tertiary/aromatic N) is 1. The molecule has 0 radical (unpaired) electrons. The van der Waals surface area contributed by atoms with Gasteiger partial charge in [0.2, 0.25) is 5.91 Å². The van der Waals surface area contributed by atoms with Crippen LogP contribution in [-0.4, -0.2) is 35.7 Å². The molecular weight excluding hydrogens is 342 g/mol. The Morgan fingerprint density at radius 2 is 1.85 bits per heavy atom. The highest BCUT2D eigenvalue weighted by Crippen LogP contribution is 2.17. The smallest absolute Gasteiger partial charge is 0.255 e. The topological polar surface area (TPSA) is 78.5 Å². The lowest BCUT2D eigenvalue weighted by Crippen LogP contribution is -2.31. The van der Waals surface area contributed by atoms with Crippen LogP contribution >= 0.6 is 0 Å². The van der Waals surface area contributed by atoms with Crippen molar-refractivity contribution in [3.63, 3.8) is 0 Å². The second-order valence-electron chi connectivity index (χ2n) is 6.31. The molecule has 2 aromatic carbocycles. The first-order chi connectivity index (χ1) is 13.0. The number of imide groups is 1. The van der Waals surface area contributed by atoms with Crippen molar-refractivity contribution in [2.75, 3.05) is 18.4 Å². The van der Waals surface area contributed by atoms with Crippen LogP contribution in [0.3, 0.4) is 0 Å². The second kappa shape index (κ2) is 8.31. The number of benzene rings is 2. The van der Waals surface area contributed by atoms with Crippen molar-refractivity contribution < 1.29 is 14.4 Å². The molecule has 3 amide bonds. The monoisotopic (exact) mass is 363 g/mol. The Bertz CT molecular complexity index is 891. The molecule has 0 saturated carbocycles. The third kappa shape index (κ3) is 4.82. The summed E-state index contributed by atoms with van der Waals surface area (Å²) in [7, 11) is 0. The van der Waals surface area contributed by atoms with Crippen LogP contribution < -0.4 is 10.6 Å². The molecule has 0 atom stereocenters. The van der Waals surface area contributed by atoms with Gasteiger partial charge in [0.05, 0.1) is 6.54 Å². The maximum atomic E-state index is 12.4. The minimum absolute atomic E-state index is 0.156. The van der Waals surface area contributed by atoms with E-state index >= 15 is 0 Å². The minimum atomic E-state index is -0.334.